The molecule has 1 saturated carbocycles. The van der Waals surface area contributed by atoms with Gasteiger partial charge < -0.3 is 10.6 Å². The Bertz CT molecular complexity index is 1010. The second-order valence-electron chi connectivity index (χ2n) is 7.99. The van der Waals surface area contributed by atoms with E-state index in [-0.39, 0.29) is 22.8 Å². The maximum Gasteiger partial charge on any atom is 0.243 e. The average molecular weight is 436 g/mol. The van der Waals surface area contributed by atoms with Gasteiger partial charge in [0.25, 0.3) is 0 Å². The molecule has 0 atom stereocenters. The van der Waals surface area contributed by atoms with Crippen LogP contribution in [0.25, 0.3) is 10.8 Å². The van der Waals surface area contributed by atoms with Crippen LogP contribution in [0.4, 0.5) is 0 Å². The molecule has 1 aliphatic heterocycles. The molecule has 2 fully saturated rings. The van der Waals surface area contributed by atoms with E-state index in [1.54, 1.807) is 24.3 Å². The minimum atomic E-state index is -3.60. The highest BCUT2D eigenvalue weighted by molar-refractivity contribution is 7.89. The Morgan fingerprint density at radius 1 is 0.931 bits per heavy atom. The Morgan fingerprint density at radius 3 is 2.24 bits per heavy atom. The van der Waals surface area contributed by atoms with Crippen LogP contribution in [0.2, 0.25) is 5.02 Å². The van der Waals surface area contributed by atoms with Crippen molar-refractivity contribution in [1.82, 2.24) is 9.21 Å². The molecule has 0 aromatic heterocycles. The molecule has 0 radical (unpaired) electrons. The van der Waals surface area contributed by atoms with E-state index in [4.69, 9.17) is 17.3 Å². The van der Waals surface area contributed by atoms with Crippen molar-refractivity contribution in [2.75, 3.05) is 26.2 Å². The summed E-state index contributed by atoms with van der Waals surface area (Å²) < 4.78 is 27.7. The maximum atomic E-state index is 13.1. The molecule has 4 rings (SSSR count). The first-order valence-corrected chi connectivity index (χ1v) is 11.9. The standard InChI is InChI=1S/C21H26ClN3O3S/c22-18-5-1-17-14-20(8-4-16(17)13-18)29(27,28)25-11-9-24(10-12-25)21(26)15-2-6-19(23)7-3-15/h1,4-5,8,13-15,19H,2-3,6-7,9-12,23H2. The number of benzene rings is 2. The molecule has 2 N–H and O–H groups in total. The minimum absolute atomic E-state index is 0.0327. The molecule has 1 aliphatic carbocycles. The Hall–Kier alpha value is -1.67. The minimum Gasteiger partial charge on any atom is -0.340 e. The van der Waals surface area contributed by atoms with Crippen LogP contribution in [-0.4, -0.2) is 55.8 Å². The molecule has 0 spiro atoms. The fourth-order valence-electron chi connectivity index (χ4n) is 4.28. The third-order valence-electron chi connectivity index (χ3n) is 6.08. The zero-order chi connectivity index (χ0) is 20.6. The summed E-state index contributed by atoms with van der Waals surface area (Å²) in [6.07, 6.45) is 3.44. The molecule has 8 heteroatoms. The summed E-state index contributed by atoms with van der Waals surface area (Å²) >= 11 is 6.01. The van der Waals surface area contributed by atoms with Crippen molar-refractivity contribution in [1.29, 1.82) is 0 Å². The molecule has 2 aliphatic rings. The van der Waals surface area contributed by atoms with Gasteiger partial charge in [-0.2, -0.15) is 4.31 Å². The van der Waals surface area contributed by atoms with Crippen molar-refractivity contribution in [2.45, 2.75) is 36.6 Å². The lowest BCUT2D eigenvalue weighted by Crippen LogP contribution is -2.52. The van der Waals surface area contributed by atoms with Gasteiger partial charge in [-0.3, -0.25) is 4.79 Å². The van der Waals surface area contributed by atoms with Gasteiger partial charge in [-0.25, -0.2) is 8.42 Å². The largest absolute Gasteiger partial charge is 0.340 e. The molecule has 1 amide bonds. The number of carbonyl (C=O) groups excluding carboxylic acids is 1. The van der Waals surface area contributed by atoms with E-state index in [2.05, 4.69) is 0 Å². The van der Waals surface area contributed by atoms with E-state index in [1.165, 1.54) is 4.31 Å². The van der Waals surface area contributed by atoms with Gasteiger partial charge in [0.05, 0.1) is 4.90 Å². The number of nitrogens with zero attached hydrogens (tertiary/aromatic N) is 2. The SMILES string of the molecule is NC1CCC(C(=O)N2CCN(S(=O)(=O)c3ccc4cc(Cl)ccc4c3)CC2)CC1. The predicted molar refractivity (Wildman–Crippen MR) is 114 cm³/mol. The maximum absolute atomic E-state index is 13.1. The van der Waals surface area contributed by atoms with Gasteiger partial charge in [0.2, 0.25) is 15.9 Å². The smallest absolute Gasteiger partial charge is 0.243 e. The molecular weight excluding hydrogens is 410 g/mol. The quantitative estimate of drug-likeness (QED) is 0.803. The summed E-state index contributed by atoms with van der Waals surface area (Å²) in [4.78, 5) is 14.9. The molecule has 156 valence electrons. The highest BCUT2D eigenvalue weighted by Crippen LogP contribution is 2.27. The second-order valence-corrected chi connectivity index (χ2v) is 10.4. The number of carbonyl (C=O) groups is 1. The Kier molecular flexibility index (Phi) is 5.84. The average Bonchev–Trinajstić information content (AvgIpc) is 2.73. The lowest BCUT2D eigenvalue weighted by atomic mass is 9.85. The Morgan fingerprint density at radius 2 is 1.55 bits per heavy atom. The van der Waals surface area contributed by atoms with Crippen molar-refractivity contribution in [3.8, 4) is 0 Å². The molecule has 0 bridgehead atoms. The highest BCUT2D eigenvalue weighted by atomic mass is 35.5. The summed E-state index contributed by atoms with van der Waals surface area (Å²) in [7, 11) is -3.60. The second kappa shape index (κ2) is 8.22. The topological polar surface area (TPSA) is 83.7 Å². The van der Waals surface area contributed by atoms with Gasteiger partial charge in [-0.15, -0.1) is 0 Å². The summed E-state index contributed by atoms with van der Waals surface area (Å²) in [6.45, 7) is 1.51. The monoisotopic (exact) mass is 435 g/mol. The van der Waals surface area contributed by atoms with Crippen molar-refractivity contribution >= 4 is 38.3 Å². The van der Waals surface area contributed by atoms with Crippen molar-refractivity contribution in [2.24, 2.45) is 11.7 Å². The van der Waals surface area contributed by atoms with Gasteiger partial charge in [0, 0.05) is 43.2 Å². The predicted octanol–water partition coefficient (Wildman–Crippen LogP) is 2.84. The van der Waals surface area contributed by atoms with Crippen LogP contribution in [0.1, 0.15) is 25.7 Å². The summed E-state index contributed by atoms with van der Waals surface area (Å²) in [5.41, 5.74) is 5.93. The van der Waals surface area contributed by atoms with Crippen LogP contribution in [0.15, 0.2) is 41.3 Å². The molecule has 2 aromatic rings. The number of fused-ring (bicyclic) bond motifs is 1. The first kappa shape index (κ1) is 20.6. The lowest BCUT2D eigenvalue weighted by molar-refractivity contribution is -0.137. The molecule has 0 unspecified atom stereocenters. The molecular formula is C21H26ClN3O3S. The van der Waals surface area contributed by atoms with Gasteiger partial charge in [0.1, 0.15) is 0 Å². The molecule has 6 nitrogen and oxygen atoms in total. The van der Waals surface area contributed by atoms with Crippen LogP contribution >= 0.6 is 11.6 Å². The van der Waals surface area contributed by atoms with E-state index < -0.39 is 10.0 Å². The molecule has 29 heavy (non-hydrogen) atoms. The molecule has 2 aromatic carbocycles. The first-order chi connectivity index (χ1) is 13.8. The van der Waals surface area contributed by atoms with Crippen LogP contribution in [0, 0.1) is 5.92 Å². The van der Waals surface area contributed by atoms with Crippen molar-refractivity contribution in [3.63, 3.8) is 0 Å². The summed E-state index contributed by atoms with van der Waals surface area (Å²) in [6, 6.07) is 10.7. The van der Waals surface area contributed by atoms with Crippen LogP contribution in [0.3, 0.4) is 0 Å². The summed E-state index contributed by atoms with van der Waals surface area (Å²) in [5.74, 6) is 0.182. The number of amides is 1. The fourth-order valence-corrected chi connectivity index (χ4v) is 5.92. The van der Waals surface area contributed by atoms with Crippen LogP contribution < -0.4 is 5.73 Å². The number of hydrogen-bond acceptors (Lipinski definition) is 4. The van der Waals surface area contributed by atoms with E-state index in [9.17, 15) is 13.2 Å². The van der Waals surface area contributed by atoms with Crippen LogP contribution in [-0.2, 0) is 14.8 Å². The zero-order valence-electron chi connectivity index (χ0n) is 16.3. The Balaban J connectivity index is 1.43. The number of halogens is 1. The molecule has 1 heterocycles. The lowest BCUT2D eigenvalue weighted by Gasteiger charge is -2.37. The normalized spacial score (nSPS) is 24.0. The fraction of sp³-hybridized carbons (Fsp3) is 0.476. The van der Waals surface area contributed by atoms with E-state index in [0.717, 1.165) is 36.5 Å². The van der Waals surface area contributed by atoms with E-state index in [0.29, 0.717) is 31.2 Å². The first-order valence-electron chi connectivity index (χ1n) is 10.1. The number of nitrogens with two attached hydrogens (primary N) is 1. The number of rotatable bonds is 3. The van der Waals surface area contributed by atoms with Gasteiger partial charge in [-0.1, -0.05) is 23.7 Å². The van der Waals surface area contributed by atoms with Crippen molar-refractivity contribution in [3.05, 3.63) is 41.4 Å². The molecule has 1 saturated heterocycles. The number of sulfonamides is 1. The third-order valence-corrected chi connectivity index (χ3v) is 8.21. The zero-order valence-corrected chi connectivity index (χ0v) is 17.8. The van der Waals surface area contributed by atoms with Crippen molar-refractivity contribution < 1.29 is 13.2 Å². The number of piperazine rings is 1. The summed E-state index contributed by atoms with van der Waals surface area (Å²) in [5, 5.41) is 2.35. The van der Waals surface area contributed by atoms with Gasteiger partial charge in [-0.05, 0) is 60.7 Å². The van der Waals surface area contributed by atoms with E-state index >= 15 is 0 Å². The third kappa shape index (κ3) is 4.28. The van der Waals surface area contributed by atoms with Gasteiger partial charge in [0.15, 0.2) is 0 Å². The number of hydrogen-bond donors (Lipinski definition) is 1. The van der Waals surface area contributed by atoms with Gasteiger partial charge >= 0.3 is 0 Å². The Labute approximate surface area is 176 Å². The highest BCUT2D eigenvalue weighted by Gasteiger charge is 2.33. The van der Waals surface area contributed by atoms with Crippen LogP contribution in [0.5, 0.6) is 0 Å². The van der Waals surface area contributed by atoms with E-state index in [1.807, 2.05) is 17.0 Å².